The minimum Gasteiger partial charge on any atom is -0.380 e. The van der Waals surface area contributed by atoms with E-state index in [1.165, 1.54) is 0 Å². The van der Waals surface area contributed by atoms with E-state index < -0.39 is 0 Å². The molecule has 0 aliphatic rings. The molecule has 16 heavy (non-hydrogen) atoms. The van der Waals surface area contributed by atoms with Gasteiger partial charge in [0.05, 0.1) is 6.61 Å². The third kappa shape index (κ3) is 5.66. The first-order valence-corrected chi connectivity index (χ1v) is 5.79. The van der Waals surface area contributed by atoms with E-state index in [2.05, 4.69) is 29.1 Å². The zero-order chi connectivity index (χ0) is 11.8. The molecule has 0 atom stereocenters. The number of hydrogen-bond acceptors (Lipinski definition) is 4. The molecule has 0 saturated carbocycles. The average Bonchev–Trinajstić information content (AvgIpc) is 2.23. The normalized spacial score (nSPS) is 10.8. The van der Waals surface area contributed by atoms with Crippen LogP contribution >= 0.6 is 0 Å². The number of nitrogens with zero attached hydrogens (tertiary/aromatic N) is 2. The number of aromatic nitrogens is 2. The second kappa shape index (κ2) is 7.17. The Balaban J connectivity index is 2.07. The Labute approximate surface area is 97.5 Å². The maximum atomic E-state index is 5.48. The summed E-state index contributed by atoms with van der Waals surface area (Å²) in [6.07, 6.45) is 2.87. The van der Waals surface area contributed by atoms with Gasteiger partial charge in [0.2, 0.25) is 5.95 Å². The second-order valence-electron chi connectivity index (χ2n) is 4.24. The maximum Gasteiger partial charge on any atom is 0.222 e. The molecule has 4 nitrogen and oxygen atoms in total. The Morgan fingerprint density at radius 1 is 1.38 bits per heavy atom. The van der Waals surface area contributed by atoms with E-state index in [0.29, 0.717) is 18.5 Å². The van der Waals surface area contributed by atoms with Crippen LogP contribution in [0.1, 0.15) is 26.0 Å². The summed E-state index contributed by atoms with van der Waals surface area (Å²) in [7, 11) is 0. The Morgan fingerprint density at radius 3 is 2.88 bits per heavy atom. The molecule has 0 spiro atoms. The van der Waals surface area contributed by atoms with Gasteiger partial charge < -0.3 is 10.1 Å². The summed E-state index contributed by atoms with van der Waals surface area (Å²) in [5, 5.41) is 3.13. The molecule has 0 aliphatic heterocycles. The van der Waals surface area contributed by atoms with Crippen LogP contribution in [0.4, 0.5) is 5.95 Å². The molecule has 0 aromatic carbocycles. The molecule has 0 amide bonds. The molecule has 4 heteroatoms. The van der Waals surface area contributed by atoms with Crippen LogP contribution in [0.3, 0.4) is 0 Å². The smallest absolute Gasteiger partial charge is 0.222 e. The lowest BCUT2D eigenvalue weighted by Gasteiger charge is -2.07. The van der Waals surface area contributed by atoms with E-state index in [9.17, 15) is 0 Å². The molecular formula is C12H21N3O. The number of ether oxygens (including phenoxy) is 1. The third-order valence-corrected chi connectivity index (χ3v) is 2.16. The van der Waals surface area contributed by atoms with Crippen LogP contribution in [0.5, 0.6) is 0 Å². The Bertz CT molecular complexity index is 302. The second-order valence-corrected chi connectivity index (χ2v) is 4.24. The molecule has 1 N–H and O–H groups in total. The number of anilines is 1. The lowest BCUT2D eigenvalue weighted by atomic mass is 10.1. The van der Waals surface area contributed by atoms with Gasteiger partial charge in [0.15, 0.2) is 0 Å². The van der Waals surface area contributed by atoms with Crippen molar-refractivity contribution in [1.82, 2.24) is 9.97 Å². The fourth-order valence-corrected chi connectivity index (χ4v) is 1.19. The summed E-state index contributed by atoms with van der Waals surface area (Å²) < 4.78 is 5.48. The molecule has 0 fully saturated rings. The van der Waals surface area contributed by atoms with Crippen molar-refractivity contribution >= 4 is 5.95 Å². The van der Waals surface area contributed by atoms with Crippen LogP contribution in [0.15, 0.2) is 12.3 Å². The van der Waals surface area contributed by atoms with Crippen LogP contribution in [0, 0.1) is 12.8 Å². The summed E-state index contributed by atoms with van der Waals surface area (Å²) in [5.74, 6) is 1.38. The molecule has 0 unspecified atom stereocenters. The highest BCUT2D eigenvalue weighted by Gasteiger charge is 1.96. The Hall–Kier alpha value is -1.16. The summed E-state index contributed by atoms with van der Waals surface area (Å²) in [4.78, 5) is 8.35. The van der Waals surface area contributed by atoms with Crippen LogP contribution in [0.25, 0.3) is 0 Å². The van der Waals surface area contributed by atoms with Crippen molar-refractivity contribution in [1.29, 1.82) is 0 Å². The minimum atomic E-state index is 0.674. The molecule has 0 radical (unpaired) electrons. The lowest BCUT2D eigenvalue weighted by Crippen LogP contribution is -2.12. The SMILES string of the molecule is Cc1ccnc(NCCOCCC(C)C)n1. The highest BCUT2D eigenvalue weighted by Crippen LogP contribution is 2.00. The fraction of sp³-hybridized carbons (Fsp3) is 0.667. The molecule has 1 aromatic rings. The van der Waals surface area contributed by atoms with Crippen LogP contribution in [-0.2, 0) is 4.74 Å². The highest BCUT2D eigenvalue weighted by molar-refractivity contribution is 5.24. The van der Waals surface area contributed by atoms with Crippen molar-refractivity contribution < 1.29 is 4.74 Å². The van der Waals surface area contributed by atoms with Gasteiger partial charge >= 0.3 is 0 Å². The van der Waals surface area contributed by atoms with Crippen LogP contribution in [0.2, 0.25) is 0 Å². The van der Waals surface area contributed by atoms with Crippen molar-refractivity contribution in [3.05, 3.63) is 18.0 Å². The summed E-state index contributed by atoms with van der Waals surface area (Å²) in [6, 6.07) is 1.88. The Morgan fingerprint density at radius 2 is 2.19 bits per heavy atom. The maximum absolute atomic E-state index is 5.48. The van der Waals surface area contributed by atoms with Gasteiger partial charge in [-0.15, -0.1) is 0 Å². The standard InChI is InChI=1S/C12H21N3O/c1-10(2)5-8-16-9-7-14-12-13-6-4-11(3)15-12/h4,6,10H,5,7-9H2,1-3H3,(H,13,14,15). The number of hydrogen-bond donors (Lipinski definition) is 1. The van der Waals surface area contributed by atoms with Gasteiger partial charge in [-0.3, -0.25) is 0 Å². The van der Waals surface area contributed by atoms with Gasteiger partial charge in [-0.05, 0) is 25.3 Å². The van der Waals surface area contributed by atoms with E-state index in [0.717, 1.165) is 25.3 Å². The number of rotatable bonds is 7. The fourth-order valence-electron chi connectivity index (χ4n) is 1.19. The van der Waals surface area contributed by atoms with Gasteiger partial charge in [0.25, 0.3) is 0 Å². The van der Waals surface area contributed by atoms with Crippen LogP contribution in [-0.4, -0.2) is 29.7 Å². The first-order chi connectivity index (χ1) is 7.68. The monoisotopic (exact) mass is 223 g/mol. The summed E-state index contributed by atoms with van der Waals surface area (Å²) >= 11 is 0. The molecule has 1 aromatic heterocycles. The molecule has 0 bridgehead atoms. The molecular weight excluding hydrogens is 202 g/mol. The summed E-state index contributed by atoms with van der Waals surface area (Å²) in [5.41, 5.74) is 0.971. The first kappa shape index (κ1) is 12.9. The predicted octanol–water partition coefficient (Wildman–Crippen LogP) is 2.26. The van der Waals surface area contributed by atoms with Crippen LogP contribution < -0.4 is 5.32 Å². The predicted molar refractivity (Wildman–Crippen MR) is 65.5 cm³/mol. The molecule has 90 valence electrons. The number of nitrogens with one attached hydrogen (secondary N) is 1. The largest absolute Gasteiger partial charge is 0.380 e. The quantitative estimate of drug-likeness (QED) is 0.720. The minimum absolute atomic E-state index is 0.674. The molecule has 0 saturated heterocycles. The van der Waals surface area contributed by atoms with Crippen molar-refractivity contribution in [2.75, 3.05) is 25.1 Å². The molecule has 1 heterocycles. The van der Waals surface area contributed by atoms with E-state index >= 15 is 0 Å². The zero-order valence-corrected chi connectivity index (χ0v) is 10.4. The van der Waals surface area contributed by atoms with Gasteiger partial charge in [-0.1, -0.05) is 13.8 Å². The van der Waals surface area contributed by atoms with E-state index in [1.807, 2.05) is 13.0 Å². The van der Waals surface area contributed by atoms with Crippen molar-refractivity contribution in [3.8, 4) is 0 Å². The van der Waals surface area contributed by atoms with Gasteiger partial charge in [-0.2, -0.15) is 0 Å². The van der Waals surface area contributed by atoms with E-state index in [4.69, 9.17) is 4.74 Å². The van der Waals surface area contributed by atoms with Gasteiger partial charge in [0.1, 0.15) is 0 Å². The van der Waals surface area contributed by atoms with Crippen molar-refractivity contribution in [2.45, 2.75) is 27.2 Å². The van der Waals surface area contributed by atoms with E-state index in [-0.39, 0.29) is 0 Å². The van der Waals surface area contributed by atoms with Crippen molar-refractivity contribution in [2.24, 2.45) is 5.92 Å². The average molecular weight is 223 g/mol. The van der Waals surface area contributed by atoms with Gasteiger partial charge in [0, 0.05) is 25.0 Å². The third-order valence-electron chi connectivity index (χ3n) is 2.16. The molecule has 0 aliphatic carbocycles. The lowest BCUT2D eigenvalue weighted by molar-refractivity contribution is 0.132. The highest BCUT2D eigenvalue weighted by atomic mass is 16.5. The summed E-state index contributed by atoms with van der Waals surface area (Å²) in [6.45, 7) is 8.62. The first-order valence-electron chi connectivity index (χ1n) is 5.79. The van der Waals surface area contributed by atoms with E-state index in [1.54, 1.807) is 6.20 Å². The topological polar surface area (TPSA) is 47.0 Å². The Kier molecular flexibility index (Phi) is 5.78. The zero-order valence-electron chi connectivity index (χ0n) is 10.4. The van der Waals surface area contributed by atoms with Gasteiger partial charge in [-0.25, -0.2) is 9.97 Å². The van der Waals surface area contributed by atoms with Crippen molar-refractivity contribution in [3.63, 3.8) is 0 Å². The number of aryl methyl sites for hydroxylation is 1. The molecule has 1 rings (SSSR count).